The summed E-state index contributed by atoms with van der Waals surface area (Å²) in [6.45, 7) is 6.52. The Morgan fingerprint density at radius 2 is 2.14 bits per heavy atom. The van der Waals surface area contributed by atoms with Crippen molar-refractivity contribution in [3.63, 3.8) is 0 Å². The van der Waals surface area contributed by atoms with Crippen molar-refractivity contribution in [3.8, 4) is 0 Å². The van der Waals surface area contributed by atoms with Crippen molar-refractivity contribution in [2.45, 2.75) is 39.2 Å². The first-order chi connectivity index (χ1) is 6.52. The first-order valence-corrected chi connectivity index (χ1v) is 5.01. The fourth-order valence-electron chi connectivity index (χ4n) is 1.06. The van der Waals surface area contributed by atoms with Gasteiger partial charge in [-0.05, 0) is 26.7 Å². The molecule has 2 N–H and O–H groups in total. The van der Waals surface area contributed by atoms with Gasteiger partial charge in [-0.1, -0.05) is 6.92 Å². The van der Waals surface area contributed by atoms with E-state index in [4.69, 9.17) is 9.84 Å². The van der Waals surface area contributed by atoms with Gasteiger partial charge < -0.3 is 15.2 Å². The minimum Gasteiger partial charge on any atom is -0.396 e. The predicted octanol–water partition coefficient (Wildman–Crippen LogP) is 0.690. The van der Waals surface area contributed by atoms with Crippen LogP contribution < -0.4 is 5.32 Å². The average Bonchev–Trinajstić information content (AvgIpc) is 2.03. The average molecular weight is 203 g/mol. The molecule has 0 rings (SSSR count). The lowest BCUT2D eigenvalue weighted by molar-refractivity contribution is -0.127. The fourth-order valence-corrected chi connectivity index (χ4v) is 1.06. The largest absolute Gasteiger partial charge is 0.396 e. The van der Waals surface area contributed by atoms with Crippen molar-refractivity contribution in [2.75, 3.05) is 19.8 Å². The number of aliphatic hydroxyl groups is 1. The zero-order valence-corrected chi connectivity index (χ0v) is 9.30. The predicted molar refractivity (Wildman–Crippen MR) is 55.0 cm³/mol. The number of carbonyl (C=O) groups excluding carboxylic acids is 1. The Morgan fingerprint density at radius 3 is 2.64 bits per heavy atom. The maximum Gasteiger partial charge on any atom is 0.246 e. The van der Waals surface area contributed by atoms with Crippen molar-refractivity contribution in [2.24, 2.45) is 0 Å². The molecule has 1 amide bonds. The standard InChI is InChI=1S/C10H21NO3/c1-4-7-14-8-9(13)11-10(2,3)5-6-12/h12H,4-8H2,1-3H3,(H,11,13). The van der Waals surface area contributed by atoms with Crippen LogP contribution in [-0.4, -0.2) is 36.4 Å². The van der Waals surface area contributed by atoms with Crippen LogP contribution in [0.4, 0.5) is 0 Å². The molecule has 84 valence electrons. The molecule has 4 nitrogen and oxygen atoms in total. The lowest BCUT2D eigenvalue weighted by Gasteiger charge is -2.25. The summed E-state index contributed by atoms with van der Waals surface area (Å²) < 4.78 is 5.09. The first-order valence-electron chi connectivity index (χ1n) is 5.01. The van der Waals surface area contributed by atoms with E-state index in [1.807, 2.05) is 20.8 Å². The van der Waals surface area contributed by atoms with E-state index in [9.17, 15) is 4.79 Å². The van der Waals surface area contributed by atoms with E-state index >= 15 is 0 Å². The Labute approximate surface area is 85.6 Å². The molecule has 14 heavy (non-hydrogen) atoms. The van der Waals surface area contributed by atoms with E-state index in [0.717, 1.165) is 6.42 Å². The number of hydrogen-bond donors (Lipinski definition) is 2. The van der Waals surface area contributed by atoms with Crippen molar-refractivity contribution < 1.29 is 14.6 Å². The molecule has 0 heterocycles. The molecule has 0 unspecified atom stereocenters. The Bertz CT molecular complexity index is 169. The summed E-state index contributed by atoms with van der Waals surface area (Å²) in [4.78, 5) is 11.3. The van der Waals surface area contributed by atoms with Gasteiger partial charge in [-0.25, -0.2) is 0 Å². The van der Waals surface area contributed by atoms with Gasteiger partial charge in [0.05, 0.1) is 0 Å². The fraction of sp³-hybridized carbons (Fsp3) is 0.900. The molecule has 0 aliphatic heterocycles. The van der Waals surface area contributed by atoms with Crippen LogP contribution in [0.3, 0.4) is 0 Å². The van der Waals surface area contributed by atoms with Gasteiger partial charge in [0.15, 0.2) is 0 Å². The summed E-state index contributed by atoms with van der Waals surface area (Å²) in [5.74, 6) is -0.128. The number of nitrogens with one attached hydrogen (secondary N) is 1. The summed E-state index contributed by atoms with van der Waals surface area (Å²) in [7, 11) is 0. The lowest BCUT2D eigenvalue weighted by atomic mass is 10.0. The normalized spacial score (nSPS) is 11.4. The number of amides is 1. The van der Waals surface area contributed by atoms with Crippen LogP contribution >= 0.6 is 0 Å². The van der Waals surface area contributed by atoms with Crippen LogP contribution in [0.15, 0.2) is 0 Å². The van der Waals surface area contributed by atoms with Gasteiger partial charge in [0.1, 0.15) is 6.61 Å². The third-order valence-electron chi connectivity index (χ3n) is 1.80. The number of rotatable bonds is 7. The van der Waals surface area contributed by atoms with Gasteiger partial charge in [-0.15, -0.1) is 0 Å². The van der Waals surface area contributed by atoms with Gasteiger partial charge in [0, 0.05) is 18.8 Å². The summed E-state index contributed by atoms with van der Waals surface area (Å²) in [6, 6.07) is 0. The van der Waals surface area contributed by atoms with E-state index in [-0.39, 0.29) is 24.7 Å². The van der Waals surface area contributed by atoms with Crippen LogP contribution in [0.5, 0.6) is 0 Å². The van der Waals surface area contributed by atoms with E-state index in [0.29, 0.717) is 13.0 Å². The number of carbonyl (C=O) groups is 1. The smallest absolute Gasteiger partial charge is 0.246 e. The van der Waals surface area contributed by atoms with E-state index in [1.165, 1.54) is 0 Å². The molecular formula is C10H21NO3. The lowest BCUT2D eigenvalue weighted by Crippen LogP contribution is -2.45. The third-order valence-corrected chi connectivity index (χ3v) is 1.80. The monoisotopic (exact) mass is 203 g/mol. The van der Waals surface area contributed by atoms with Crippen LogP contribution in [-0.2, 0) is 9.53 Å². The quantitative estimate of drug-likeness (QED) is 0.598. The molecule has 0 saturated carbocycles. The third kappa shape index (κ3) is 6.86. The van der Waals surface area contributed by atoms with Gasteiger partial charge in [-0.3, -0.25) is 4.79 Å². The van der Waals surface area contributed by atoms with Crippen LogP contribution in [0.25, 0.3) is 0 Å². The second-order valence-corrected chi connectivity index (χ2v) is 3.96. The zero-order valence-electron chi connectivity index (χ0n) is 9.30. The number of hydrogen-bond acceptors (Lipinski definition) is 3. The highest BCUT2D eigenvalue weighted by Crippen LogP contribution is 2.06. The summed E-state index contributed by atoms with van der Waals surface area (Å²) in [5, 5.41) is 11.5. The highest BCUT2D eigenvalue weighted by atomic mass is 16.5. The van der Waals surface area contributed by atoms with Gasteiger partial charge in [0.25, 0.3) is 0 Å². The molecule has 0 fully saturated rings. The molecule has 4 heteroatoms. The second kappa shape index (κ2) is 6.79. The molecule has 0 aromatic heterocycles. The topological polar surface area (TPSA) is 58.6 Å². The molecule has 0 aromatic rings. The van der Waals surface area contributed by atoms with Gasteiger partial charge in [-0.2, -0.15) is 0 Å². The molecular weight excluding hydrogens is 182 g/mol. The highest BCUT2D eigenvalue weighted by molar-refractivity contribution is 5.77. The zero-order chi connectivity index (χ0) is 11.0. The van der Waals surface area contributed by atoms with E-state index in [1.54, 1.807) is 0 Å². The summed E-state index contributed by atoms with van der Waals surface area (Å²) in [6.07, 6.45) is 1.46. The minimum atomic E-state index is -0.360. The first kappa shape index (κ1) is 13.4. The van der Waals surface area contributed by atoms with E-state index < -0.39 is 0 Å². The number of aliphatic hydroxyl groups excluding tert-OH is 1. The van der Waals surface area contributed by atoms with Gasteiger partial charge in [0.2, 0.25) is 5.91 Å². The van der Waals surface area contributed by atoms with E-state index in [2.05, 4.69) is 5.32 Å². The highest BCUT2D eigenvalue weighted by Gasteiger charge is 2.19. The minimum absolute atomic E-state index is 0.0725. The molecule has 0 spiro atoms. The Morgan fingerprint density at radius 1 is 1.50 bits per heavy atom. The number of ether oxygens (including phenoxy) is 1. The van der Waals surface area contributed by atoms with Crippen molar-refractivity contribution in [3.05, 3.63) is 0 Å². The molecule has 0 radical (unpaired) electrons. The molecule has 0 aromatic carbocycles. The Kier molecular flexibility index (Phi) is 6.49. The Hall–Kier alpha value is -0.610. The molecule has 0 aliphatic carbocycles. The summed E-state index contributed by atoms with van der Waals surface area (Å²) in [5.41, 5.74) is -0.360. The maximum absolute atomic E-state index is 11.3. The second-order valence-electron chi connectivity index (χ2n) is 3.96. The summed E-state index contributed by atoms with van der Waals surface area (Å²) >= 11 is 0. The molecule has 0 aliphatic rings. The van der Waals surface area contributed by atoms with Crippen LogP contribution in [0.2, 0.25) is 0 Å². The maximum atomic E-state index is 11.3. The molecule has 0 bridgehead atoms. The van der Waals surface area contributed by atoms with Crippen molar-refractivity contribution in [1.29, 1.82) is 0 Å². The molecule has 0 atom stereocenters. The van der Waals surface area contributed by atoms with Crippen LogP contribution in [0, 0.1) is 0 Å². The van der Waals surface area contributed by atoms with Gasteiger partial charge >= 0.3 is 0 Å². The van der Waals surface area contributed by atoms with Crippen molar-refractivity contribution in [1.82, 2.24) is 5.32 Å². The molecule has 0 saturated heterocycles. The Balaban J connectivity index is 3.69. The van der Waals surface area contributed by atoms with Crippen LogP contribution in [0.1, 0.15) is 33.6 Å². The van der Waals surface area contributed by atoms with Crippen molar-refractivity contribution >= 4 is 5.91 Å². The SMILES string of the molecule is CCCOCC(=O)NC(C)(C)CCO.